The van der Waals surface area contributed by atoms with Crippen molar-refractivity contribution >= 4 is 45.0 Å². The minimum atomic E-state index is -3.69. The first-order valence-corrected chi connectivity index (χ1v) is 15.3. The molecule has 3 aromatic rings. The van der Waals surface area contributed by atoms with Gasteiger partial charge in [-0.3, -0.25) is 9.59 Å². The number of rotatable bonds is 13. The Morgan fingerprint density at radius 2 is 1.55 bits per heavy atom. The second-order valence-corrected chi connectivity index (χ2v) is 12.8. The van der Waals surface area contributed by atoms with Gasteiger partial charge in [0.05, 0.1) is 4.90 Å². The number of hydrogen-bond acceptors (Lipinski definition) is 4. The molecule has 3 rings (SSSR count). The van der Waals surface area contributed by atoms with Crippen LogP contribution in [0.4, 0.5) is 0 Å². The number of nitrogens with zero attached hydrogens (tertiary/aromatic N) is 2. The Hall–Kier alpha value is -2.91. The van der Waals surface area contributed by atoms with Crippen molar-refractivity contribution in [1.82, 2.24) is 14.5 Å². The summed E-state index contributed by atoms with van der Waals surface area (Å²) in [5.41, 5.74) is 1.55. The molecule has 0 unspecified atom stereocenters. The highest BCUT2D eigenvalue weighted by Gasteiger charge is 2.31. The van der Waals surface area contributed by atoms with Crippen LogP contribution in [0.1, 0.15) is 37.8 Å². The van der Waals surface area contributed by atoms with E-state index in [2.05, 4.69) is 5.32 Å². The molecule has 0 spiro atoms. The van der Waals surface area contributed by atoms with Crippen LogP contribution < -0.4 is 5.32 Å². The van der Waals surface area contributed by atoms with Crippen molar-refractivity contribution in [3.05, 3.63) is 100 Å². The first kappa shape index (κ1) is 31.6. The van der Waals surface area contributed by atoms with Crippen molar-refractivity contribution in [1.29, 1.82) is 0 Å². The summed E-state index contributed by atoms with van der Waals surface area (Å²) in [6.45, 7) is 3.96. The predicted octanol–water partition coefficient (Wildman–Crippen LogP) is 5.56. The van der Waals surface area contributed by atoms with Gasteiger partial charge in [-0.05, 0) is 55.7 Å². The van der Waals surface area contributed by atoms with Crippen LogP contribution in [0.25, 0.3) is 0 Å². The van der Waals surface area contributed by atoms with Gasteiger partial charge in [0.25, 0.3) is 0 Å². The molecular weight excluding hydrogens is 569 g/mol. The van der Waals surface area contributed by atoms with Gasteiger partial charge in [0, 0.05) is 49.1 Å². The largest absolute Gasteiger partial charge is 0.352 e. The fourth-order valence-electron chi connectivity index (χ4n) is 4.26. The van der Waals surface area contributed by atoms with Crippen molar-refractivity contribution in [2.45, 2.75) is 56.6 Å². The fraction of sp³-hybridized carbons (Fsp3) is 0.333. The molecule has 0 aliphatic rings. The van der Waals surface area contributed by atoms with Gasteiger partial charge in [-0.1, -0.05) is 77.8 Å². The summed E-state index contributed by atoms with van der Waals surface area (Å²) in [6, 6.07) is 21.7. The fourth-order valence-corrected chi connectivity index (χ4v) is 5.96. The summed E-state index contributed by atoms with van der Waals surface area (Å²) in [7, 11) is -2.19. The average Bonchev–Trinajstić information content (AvgIpc) is 2.92. The Morgan fingerprint density at radius 3 is 2.15 bits per heavy atom. The topological polar surface area (TPSA) is 86.8 Å². The maximum atomic E-state index is 13.8. The van der Waals surface area contributed by atoms with Crippen molar-refractivity contribution in [3.63, 3.8) is 0 Å². The lowest BCUT2D eigenvalue weighted by atomic mass is 10.0. The van der Waals surface area contributed by atoms with Crippen LogP contribution in [0.15, 0.2) is 83.8 Å². The number of halogens is 2. The zero-order valence-corrected chi connectivity index (χ0v) is 25.2. The second kappa shape index (κ2) is 14.6. The normalized spacial score (nSPS) is 12.4. The van der Waals surface area contributed by atoms with Gasteiger partial charge in [0.15, 0.2) is 0 Å². The highest BCUT2D eigenvalue weighted by Crippen LogP contribution is 2.25. The molecule has 2 amide bonds. The van der Waals surface area contributed by atoms with Crippen molar-refractivity contribution in [2.75, 3.05) is 13.6 Å². The van der Waals surface area contributed by atoms with Crippen LogP contribution in [0.5, 0.6) is 0 Å². The van der Waals surface area contributed by atoms with E-state index in [0.29, 0.717) is 22.0 Å². The average molecular weight is 605 g/mol. The van der Waals surface area contributed by atoms with Gasteiger partial charge in [-0.15, -0.1) is 0 Å². The van der Waals surface area contributed by atoms with Crippen molar-refractivity contribution in [3.8, 4) is 0 Å². The number of hydrogen-bond donors (Lipinski definition) is 1. The maximum Gasteiger partial charge on any atom is 0.243 e. The minimum absolute atomic E-state index is 0.0418. The van der Waals surface area contributed by atoms with E-state index >= 15 is 0 Å². The third-order valence-electron chi connectivity index (χ3n) is 6.37. The zero-order chi connectivity index (χ0) is 29.3. The van der Waals surface area contributed by atoms with Gasteiger partial charge >= 0.3 is 0 Å². The van der Waals surface area contributed by atoms with Gasteiger partial charge in [-0.25, -0.2) is 12.7 Å². The van der Waals surface area contributed by atoms with Crippen LogP contribution in [-0.2, 0) is 32.6 Å². The summed E-state index contributed by atoms with van der Waals surface area (Å²) < 4.78 is 27.0. The van der Waals surface area contributed by atoms with Gasteiger partial charge in [-0.2, -0.15) is 0 Å². The number of sulfonamides is 1. The molecule has 10 heteroatoms. The Kier molecular flexibility index (Phi) is 11.6. The molecule has 0 saturated carbocycles. The van der Waals surface area contributed by atoms with E-state index in [9.17, 15) is 18.0 Å². The highest BCUT2D eigenvalue weighted by atomic mass is 35.5. The van der Waals surface area contributed by atoms with E-state index in [1.54, 1.807) is 36.4 Å². The van der Waals surface area contributed by atoms with Gasteiger partial charge < -0.3 is 10.2 Å². The van der Waals surface area contributed by atoms with E-state index in [1.807, 2.05) is 44.2 Å². The Morgan fingerprint density at radius 1 is 0.925 bits per heavy atom. The Bertz CT molecular complexity index is 1390. The minimum Gasteiger partial charge on any atom is -0.352 e. The smallest absolute Gasteiger partial charge is 0.243 e. The molecule has 214 valence electrons. The SMILES string of the molecule is CC(C)NC(=O)[C@@H](Cc1ccccc1)N(Cc1ccc(Cl)cc1Cl)C(=O)CCCN(C)S(=O)(=O)c1ccccc1. The monoisotopic (exact) mass is 603 g/mol. The second-order valence-electron chi connectivity index (χ2n) is 9.87. The lowest BCUT2D eigenvalue weighted by molar-refractivity contribution is -0.141. The molecule has 0 aliphatic heterocycles. The third-order valence-corrected chi connectivity index (χ3v) is 8.83. The number of carbonyl (C=O) groups excluding carboxylic acids is 2. The summed E-state index contributed by atoms with van der Waals surface area (Å²) in [5, 5.41) is 3.80. The molecule has 7 nitrogen and oxygen atoms in total. The van der Waals surface area contributed by atoms with E-state index in [1.165, 1.54) is 28.4 Å². The van der Waals surface area contributed by atoms with Crippen LogP contribution in [0.3, 0.4) is 0 Å². The van der Waals surface area contributed by atoms with Crippen molar-refractivity contribution in [2.24, 2.45) is 0 Å². The van der Waals surface area contributed by atoms with Crippen LogP contribution >= 0.6 is 23.2 Å². The molecule has 0 heterocycles. The molecule has 40 heavy (non-hydrogen) atoms. The first-order chi connectivity index (χ1) is 19.0. The van der Waals surface area contributed by atoms with E-state index < -0.39 is 16.1 Å². The quantitative estimate of drug-likeness (QED) is 0.277. The van der Waals surface area contributed by atoms with E-state index in [4.69, 9.17) is 23.2 Å². The Balaban J connectivity index is 1.85. The molecule has 1 N–H and O–H groups in total. The lowest BCUT2D eigenvalue weighted by Gasteiger charge is -2.32. The molecule has 0 aromatic heterocycles. The number of nitrogens with one attached hydrogen (secondary N) is 1. The first-order valence-electron chi connectivity index (χ1n) is 13.1. The third kappa shape index (κ3) is 8.80. The standard InChI is InChI=1S/C30H35Cl2N3O4S/c1-22(2)33-30(37)28(19-23-11-6-4-7-12-23)35(21-24-16-17-25(31)20-27(24)32)29(36)15-10-18-34(3)40(38,39)26-13-8-5-9-14-26/h4-9,11-14,16-17,20,22,28H,10,15,18-19,21H2,1-3H3,(H,33,37)/t28-/m1/s1. The van der Waals surface area contributed by atoms with Gasteiger partial charge in [0.2, 0.25) is 21.8 Å². The van der Waals surface area contributed by atoms with Crippen LogP contribution in [0, 0.1) is 0 Å². The number of amides is 2. The summed E-state index contributed by atoms with van der Waals surface area (Å²) in [6.07, 6.45) is 0.620. The van der Waals surface area contributed by atoms with E-state index in [-0.39, 0.29) is 48.7 Å². The molecule has 0 fully saturated rings. The summed E-state index contributed by atoms with van der Waals surface area (Å²) in [4.78, 5) is 28.9. The maximum absolute atomic E-state index is 13.8. The Labute approximate surface area is 247 Å². The lowest BCUT2D eigenvalue weighted by Crippen LogP contribution is -2.51. The molecule has 3 aromatic carbocycles. The van der Waals surface area contributed by atoms with Crippen molar-refractivity contribution < 1.29 is 18.0 Å². The molecule has 1 atom stereocenters. The molecular formula is C30H35Cl2N3O4S. The van der Waals surface area contributed by atoms with Gasteiger partial charge in [0.1, 0.15) is 6.04 Å². The highest BCUT2D eigenvalue weighted by molar-refractivity contribution is 7.89. The predicted molar refractivity (Wildman–Crippen MR) is 160 cm³/mol. The molecule has 0 aliphatic carbocycles. The molecule has 0 saturated heterocycles. The summed E-state index contributed by atoms with van der Waals surface area (Å²) in [5.74, 6) is -0.558. The number of carbonyl (C=O) groups is 2. The summed E-state index contributed by atoms with van der Waals surface area (Å²) >= 11 is 12.6. The number of benzene rings is 3. The molecule has 0 bridgehead atoms. The van der Waals surface area contributed by atoms with Crippen LogP contribution in [-0.4, -0.2) is 55.1 Å². The zero-order valence-electron chi connectivity index (χ0n) is 22.9. The van der Waals surface area contributed by atoms with E-state index in [0.717, 1.165) is 5.56 Å². The van der Waals surface area contributed by atoms with Crippen LogP contribution in [0.2, 0.25) is 10.0 Å². The molecule has 0 radical (unpaired) electrons.